The number of benzene rings is 1. The van der Waals surface area contributed by atoms with Crippen LogP contribution in [0.2, 0.25) is 0 Å². The van der Waals surface area contributed by atoms with Crippen molar-refractivity contribution in [3.8, 4) is 5.75 Å². The van der Waals surface area contributed by atoms with E-state index in [0.29, 0.717) is 12.6 Å². The summed E-state index contributed by atoms with van der Waals surface area (Å²) >= 11 is 0. The molecule has 1 fully saturated rings. The molecule has 20 heavy (non-hydrogen) atoms. The van der Waals surface area contributed by atoms with Gasteiger partial charge in [0.1, 0.15) is 5.75 Å². The minimum Gasteiger partial charge on any atom is -0.497 e. The van der Waals surface area contributed by atoms with Crippen molar-refractivity contribution in [1.29, 1.82) is 0 Å². The summed E-state index contributed by atoms with van der Waals surface area (Å²) in [6, 6.07) is 8.16. The number of hydrogen-bond donors (Lipinski definition) is 1. The van der Waals surface area contributed by atoms with Gasteiger partial charge in [0.2, 0.25) is 0 Å². The van der Waals surface area contributed by atoms with Crippen LogP contribution in [0.5, 0.6) is 5.75 Å². The summed E-state index contributed by atoms with van der Waals surface area (Å²) < 4.78 is 10.2. The Morgan fingerprint density at radius 1 is 1.35 bits per heavy atom. The van der Waals surface area contributed by atoms with Gasteiger partial charge in [0.25, 0.3) is 0 Å². The Bertz CT molecular complexity index is 441. The van der Waals surface area contributed by atoms with Crippen molar-refractivity contribution in [3.05, 3.63) is 29.8 Å². The number of esters is 1. The molecule has 0 bridgehead atoms. The maximum absolute atomic E-state index is 12.0. The molecule has 1 saturated carbocycles. The van der Waals surface area contributed by atoms with E-state index >= 15 is 0 Å². The predicted molar refractivity (Wildman–Crippen MR) is 78.0 cm³/mol. The van der Waals surface area contributed by atoms with Gasteiger partial charge >= 0.3 is 5.97 Å². The number of methoxy groups -OCH3 is 2. The van der Waals surface area contributed by atoms with E-state index < -0.39 is 0 Å². The summed E-state index contributed by atoms with van der Waals surface area (Å²) in [5.41, 5.74) is 0.932. The third-order valence-electron chi connectivity index (χ3n) is 3.95. The Labute approximate surface area is 120 Å². The van der Waals surface area contributed by atoms with Crippen LogP contribution in [0, 0.1) is 0 Å². The van der Waals surface area contributed by atoms with Crippen LogP contribution in [0.25, 0.3) is 0 Å². The first-order chi connectivity index (χ1) is 9.74. The van der Waals surface area contributed by atoms with Crippen molar-refractivity contribution in [2.24, 2.45) is 0 Å². The van der Waals surface area contributed by atoms with Crippen molar-refractivity contribution in [2.45, 2.75) is 37.6 Å². The zero-order chi connectivity index (χ0) is 14.4. The summed E-state index contributed by atoms with van der Waals surface area (Å²) in [6.07, 6.45) is 4.96. The van der Waals surface area contributed by atoms with Crippen LogP contribution in [-0.2, 0) is 9.53 Å². The molecule has 0 saturated heterocycles. The van der Waals surface area contributed by atoms with E-state index in [1.54, 1.807) is 7.11 Å². The van der Waals surface area contributed by atoms with Gasteiger partial charge in [0.15, 0.2) is 0 Å². The van der Waals surface area contributed by atoms with Crippen LogP contribution in [0.4, 0.5) is 0 Å². The second-order valence-electron chi connectivity index (χ2n) is 5.24. The largest absolute Gasteiger partial charge is 0.497 e. The Morgan fingerprint density at radius 3 is 2.75 bits per heavy atom. The molecule has 1 aromatic rings. The smallest absolute Gasteiger partial charge is 0.314 e. The van der Waals surface area contributed by atoms with Crippen molar-refractivity contribution in [2.75, 3.05) is 20.8 Å². The van der Waals surface area contributed by atoms with E-state index in [1.165, 1.54) is 32.8 Å². The van der Waals surface area contributed by atoms with E-state index in [1.807, 2.05) is 24.3 Å². The lowest BCUT2D eigenvalue weighted by molar-refractivity contribution is -0.142. The fourth-order valence-corrected chi connectivity index (χ4v) is 2.75. The van der Waals surface area contributed by atoms with E-state index in [9.17, 15) is 4.79 Å². The highest BCUT2D eigenvalue weighted by molar-refractivity contribution is 5.78. The van der Waals surface area contributed by atoms with E-state index in [0.717, 1.165) is 11.3 Å². The Morgan fingerprint density at radius 2 is 2.10 bits per heavy atom. The van der Waals surface area contributed by atoms with Gasteiger partial charge in [-0.3, -0.25) is 4.79 Å². The first kappa shape index (κ1) is 14.9. The summed E-state index contributed by atoms with van der Waals surface area (Å²) in [6.45, 7) is 0.616. The normalized spacial score (nSPS) is 16.9. The fourth-order valence-electron chi connectivity index (χ4n) is 2.75. The Kier molecular flexibility index (Phi) is 5.41. The summed E-state index contributed by atoms with van der Waals surface area (Å²) in [7, 11) is 3.06. The Balaban J connectivity index is 2.07. The monoisotopic (exact) mass is 277 g/mol. The van der Waals surface area contributed by atoms with Gasteiger partial charge in [0, 0.05) is 12.6 Å². The van der Waals surface area contributed by atoms with Crippen LogP contribution < -0.4 is 10.1 Å². The molecule has 1 atom stereocenters. The predicted octanol–water partition coefficient (Wildman–Crippen LogP) is 2.48. The average Bonchev–Trinajstić information content (AvgIpc) is 3.00. The first-order valence-electron chi connectivity index (χ1n) is 7.19. The molecular weight excluding hydrogens is 254 g/mol. The SMILES string of the molecule is COC(=O)C(CNC1CCCC1)c1cccc(OC)c1. The topological polar surface area (TPSA) is 47.6 Å². The van der Waals surface area contributed by atoms with Gasteiger partial charge in [-0.2, -0.15) is 0 Å². The van der Waals surface area contributed by atoms with Gasteiger partial charge < -0.3 is 14.8 Å². The highest BCUT2D eigenvalue weighted by Gasteiger charge is 2.24. The van der Waals surface area contributed by atoms with E-state index in [2.05, 4.69) is 5.32 Å². The maximum Gasteiger partial charge on any atom is 0.314 e. The molecular formula is C16H23NO3. The number of hydrogen-bond acceptors (Lipinski definition) is 4. The summed E-state index contributed by atoms with van der Waals surface area (Å²) in [4.78, 5) is 12.0. The molecule has 0 radical (unpaired) electrons. The number of ether oxygens (including phenoxy) is 2. The molecule has 0 heterocycles. The van der Waals surface area contributed by atoms with Gasteiger partial charge in [-0.15, -0.1) is 0 Å². The number of nitrogens with one attached hydrogen (secondary N) is 1. The molecule has 0 aromatic heterocycles. The van der Waals surface area contributed by atoms with E-state index in [4.69, 9.17) is 9.47 Å². The molecule has 4 heteroatoms. The number of carbonyl (C=O) groups is 1. The van der Waals surface area contributed by atoms with Gasteiger partial charge in [-0.25, -0.2) is 0 Å². The van der Waals surface area contributed by atoms with Crippen LogP contribution in [0.15, 0.2) is 24.3 Å². The van der Waals surface area contributed by atoms with Crippen molar-refractivity contribution in [3.63, 3.8) is 0 Å². The number of carbonyl (C=O) groups excluding carboxylic acids is 1. The zero-order valence-electron chi connectivity index (χ0n) is 12.2. The van der Waals surface area contributed by atoms with Crippen LogP contribution in [0.1, 0.15) is 37.2 Å². The first-order valence-corrected chi connectivity index (χ1v) is 7.19. The van der Waals surface area contributed by atoms with Gasteiger partial charge in [0.05, 0.1) is 20.1 Å². The molecule has 1 unspecified atom stereocenters. The molecule has 1 aliphatic carbocycles. The highest BCUT2D eigenvalue weighted by atomic mass is 16.5. The highest BCUT2D eigenvalue weighted by Crippen LogP contribution is 2.23. The van der Waals surface area contributed by atoms with Gasteiger partial charge in [-0.05, 0) is 30.5 Å². The molecule has 1 aliphatic rings. The quantitative estimate of drug-likeness (QED) is 0.812. The van der Waals surface area contributed by atoms with E-state index in [-0.39, 0.29) is 11.9 Å². The maximum atomic E-state index is 12.0. The molecule has 1 N–H and O–H groups in total. The standard InChI is InChI=1S/C16H23NO3/c1-19-14-9-5-6-12(10-14)15(16(18)20-2)11-17-13-7-3-4-8-13/h5-6,9-10,13,15,17H,3-4,7-8,11H2,1-2H3. The third-order valence-corrected chi connectivity index (χ3v) is 3.95. The molecule has 0 amide bonds. The van der Waals surface area contributed by atoms with Crippen molar-refractivity contribution < 1.29 is 14.3 Å². The van der Waals surface area contributed by atoms with Crippen LogP contribution in [0.3, 0.4) is 0 Å². The third kappa shape index (κ3) is 3.73. The number of rotatable bonds is 6. The van der Waals surface area contributed by atoms with Crippen LogP contribution in [-0.4, -0.2) is 32.8 Å². The summed E-state index contributed by atoms with van der Waals surface area (Å²) in [5, 5.41) is 3.49. The lowest BCUT2D eigenvalue weighted by Crippen LogP contribution is -2.33. The Hall–Kier alpha value is -1.55. The zero-order valence-corrected chi connectivity index (χ0v) is 12.2. The minimum absolute atomic E-state index is 0.205. The van der Waals surface area contributed by atoms with Gasteiger partial charge in [-0.1, -0.05) is 25.0 Å². The lowest BCUT2D eigenvalue weighted by Gasteiger charge is -2.19. The molecule has 4 nitrogen and oxygen atoms in total. The van der Waals surface area contributed by atoms with Crippen LogP contribution >= 0.6 is 0 Å². The van der Waals surface area contributed by atoms with Crippen molar-refractivity contribution >= 4 is 5.97 Å². The summed E-state index contributed by atoms with van der Waals surface area (Å²) in [5.74, 6) is 0.275. The molecule has 1 aromatic carbocycles. The molecule has 0 aliphatic heterocycles. The molecule has 0 spiro atoms. The van der Waals surface area contributed by atoms with Crippen molar-refractivity contribution in [1.82, 2.24) is 5.32 Å². The fraction of sp³-hybridized carbons (Fsp3) is 0.562. The molecule has 2 rings (SSSR count). The average molecular weight is 277 g/mol. The minimum atomic E-state index is -0.282. The second kappa shape index (κ2) is 7.29. The molecule has 110 valence electrons. The lowest BCUT2D eigenvalue weighted by atomic mass is 9.98. The second-order valence-corrected chi connectivity index (χ2v) is 5.24.